The van der Waals surface area contributed by atoms with E-state index >= 15 is 0 Å². The number of fused-ring (bicyclic) bond motifs is 1. The molecule has 0 saturated carbocycles. The van der Waals surface area contributed by atoms with E-state index in [-0.39, 0.29) is 36.9 Å². The molecule has 29 heavy (non-hydrogen) atoms. The van der Waals surface area contributed by atoms with Gasteiger partial charge in [0, 0.05) is 39.2 Å². The molecule has 0 saturated heterocycles. The minimum atomic E-state index is -0.887. The number of amides is 3. The molecule has 0 fully saturated rings. The number of hydrogen-bond donors (Lipinski definition) is 3. The lowest BCUT2D eigenvalue weighted by Crippen LogP contribution is -2.41. The van der Waals surface area contributed by atoms with Crippen LogP contribution in [0.4, 0.5) is 10.3 Å². The van der Waals surface area contributed by atoms with Crippen molar-refractivity contribution in [2.24, 2.45) is 0 Å². The fourth-order valence-electron chi connectivity index (χ4n) is 2.94. The third-order valence-corrected chi connectivity index (χ3v) is 4.55. The summed E-state index contributed by atoms with van der Waals surface area (Å²) in [5.41, 5.74) is -1.04. The number of aromatic hydroxyl groups is 1. The van der Waals surface area contributed by atoms with Gasteiger partial charge in [0.1, 0.15) is 5.82 Å². The van der Waals surface area contributed by atoms with Gasteiger partial charge in [0.2, 0.25) is 17.6 Å². The predicted octanol–water partition coefficient (Wildman–Crippen LogP) is -0.256. The van der Waals surface area contributed by atoms with Crippen LogP contribution in [0.15, 0.2) is 23.0 Å². The number of aromatic nitrogens is 2. The minimum absolute atomic E-state index is 0.0285. The molecular weight excluding hydrogens is 385 g/mol. The molecule has 152 valence electrons. The third-order valence-electron chi connectivity index (χ3n) is 4.55. The summed E-state index contributed by atoms with van der Waals surface area (Å²) in [6.07, 6.45) is 0.0723. The first kappa shape index (κ1) is 20.0. The Morgan fingerprint density at radius 2 is 2.00 bits per heavy atom. The maximum Gasteiger partial charge on any atom is 0.297 e. The molecule has 10 nitrogen and oxygen atoms in total. The number of rotatable bonds is 4. The van der Waals surface area contributed by atoms with Crippen molar-refractivity contribution in [3.05, 3.63) is 51.2 Å². The fourth-order valence-corrected chi connectivity index (χ4v) is 2.94. The smallest absolute Gasteiger partial charge is 0.297 e. The highest BCUT2D eigenvalue weighted by atomic mass is 19.1. The summed E-state index contributed by atoms with van der Waals surface area (Å²) in [7, 11) is 2.79. The monoisotopic (exact) mass is 403 g/mol. The normalized spacial score (nSPS) is 13.1. The van der Waals surface area contributed by atoms with Gasteiger partial charge in [-0.25, -0.2) is 9.37 Å². The molecule has 2 heterocycles. The van der Waals surface area contributed by atoms with Gasteiger partial charge < -0.3 is 15.7 Å². The van der Waals surface area contributed by atoms with Crippen LogP contribution in [0, 0.1) is 5.82 Å². The van der Waals surface area contributed by atoms with E-state index in [1.54, 1.807) is 0 Å². The molecule has 2 aromatic rings. The van der Waals surface area contributed by atoms with E-state index in [9.17, 15) is 28.7 Å². The first-order chi connectivity index (χ1) is 13.7. The highest BCUT2D eigenvalue weighted by Gasteiger charge is 2.28. The Kier molecular flexibility index (Phi) is 5.31. The molecule has 1 aliphatic heterocycles. The van der Waals surface area contributed by atoms with E-state index in [1.807, 2.05) is 0 Å². The SMILES string of the molecule is CNC(=O)c1cc(F)ccc1CNC(=O)c1nc2n(c(=O)c1O)CCC(=O)N2C. The highest BCUT2D eigenvalue weighted by molar-refractivity contribution is 5.98. The molecule has 0 atom stereocenters. The second kappa shape index (κ2) is 7.70. The summed E-state index contributed by atoms with van der Waals surface area (Å²) in [5, 5.41) is 14.9. The molecule has 3 N–H and O–H groups in total. The van der Waals surface area contributed by atoms with Crippen molar-refractivity contribution in [1.29, 1.82) is 0 Å². The van der Waals surface area contributed by atoms with E-state index in [0.717, 1.165) is 21.6 Å². The average molecular weight is 403 g/mol. The topological polar surface area (TPSA) is 134 Å². The molecule has 0 spiro atoms. The molecule has 1 aliphatic rings. The molecule has 0 unspecified atom stereocenters. The molecule has 3 amide bonds. The second-order valence-corrected chi connectivity index (χ2v) is 6.33. The van der Waals surface area contributed by atoms with E-state index in [0.29, 0.717) is 5.56 Å². The van der Waals surface area contributed by atoms with Gasteiger partial charge in [0.05, 0.1) is 0 Å². The van der Waals surface area contributed by atoms with Gasteiger partial charge in [-0.2, -0.15) is 0 Å². The Morgan fingerprint density at radius 3 is 2.69 bits per heavy atom. The predicted molar refractivity (Wildman–Crippen MR) is 99.1 cm³/mol. The quantitative estimate of drug-likeness (QED) is 0.644. The first-order valence-corrected chi connectivity index (χ1v) is 8.63. The molecule has 0 bridgehead atoms. The largest absolute Gasteiger partial charge is 0.501 e. The lowest BCUT2D eigenvalue weighted by molar-refractivity contribution is -0.119. The summed E-state index contributed by atoms with van der Waals surface area (Å²) in [6, 6.07) is 3.50. The van der Waals surface area contributed by atoms with E-state index in [1.165, 1.54) is 20.2 Å². The zero-order valence-corrected chi connectivity index (χ0v) is 15.7. The number of halogens is 1. The van der Waals surface area contributed by atoms with Crippen LogP contribution in [-0.2, 0) is 17.9 Å². The van der Waals surface area contributed by atoms with Crippen LogP contribution in [0.3, 0.4) is 0 Å². The lowest BCUT2D eigenvalue weighted by Gasteiger charge is -2.26. The van der Waals surface area contributed by atoms with Gasteiger partial charge in [-0.15, -0.1) is 0 Å². The molecule has 3 rings (SSSR count). The van der Waals surface area contributed by atoms with Crippen molar-refractivity contribution in [2.75, 3.05) is 19.0 Å². The van der Waals surface area contributed by atoms with E-state index < -0.39 is 34.6 Å². The van der Waals surface area contributed by atoms with Crippen molar-refractivity contribution >= 4 is 23.7 Å². The molecular formula is C18H18FN5O5. The van der Waals surface area contributed by atoms with E-state index in [2.05, 4.69) is 15.6 Å². The summed E-state index contributed by atoms with van der Waals surface area (Å²) in [5.74, 6) is -3.23. The lowest BCUT2D eigenvalue weighted by atomic mass is 10.1. The number of benzene rings is 1. The molecule has 0 radical (unpaired) electrons. The number of carbonyl (C=O) groups is 3. The minimum Gasteiger partial charge on any atom is -0.501 e. The van der Waals surface area contributed by atoms with Gasteiger partial charge in [-0.1, -0.05) is 6.07 Å². The number of nitrogens with zero attached hydrogens (tertiary/aromatic N) is 3. The summed E-state index contributed by atoms with van der Waals surface area (Å²) < 4.78 is 14.6. The average Bonchev–Trinajstić information content (AvgIpc) is 2.71. The Morgan fingerprint density at radius 1 is 1.28 bits per heavy atom. The molecule has 1 aromatic carbocycles. The Bertz CT molecular complexity index is 1080. The first-order valence-electron chi connectivity index (χ1n) is 8.63. The van der Waals surface area contributed by atoms with Crippen LogP contribution < -0.4 is 21.1 Å². The van der Waals surface area contributed by atoms with Gasteiger partial charge in [0.25, 0.3) is 17.4 Å². The zero-order valence-electron chi connectivity index (χ0n) is 15.7. The zero-order chi connectivity index (χ0) is 21.3. The third kappa shape index (κ3) is 3.66. The molecule has 11 heteroatoms. The van der Waals surface area contributed by atoms with Crippen molar-refractivity contribution in [2.45, 2.75) is 19.5 Å². The van der Waals surface area contributed by atoms with Crippen LogP contribution in [0.1, 0.15) is 32.8 Å². The highest BCUT2D eigenvalue weighted by Crippen LogP contribution is 2.20. The van der Waals surface area contributed by atoms with Gasteiger partial charge in [-0.05, 0) is 17.7 Å². The van der Waals surface area contributed by atoms with Gasteiger partial charge in [-0.3, -0.25) is 28.6 Å². The molecule has 1 aromatic heterocycles. The maximum absolute atomic E-state index is 13.5. The number of hydrogen-bond acceptors (Lipinski definition) is 6. The number of anilines is 1. The Hall–Kier alpha value is -3.76. The van der Waals surface area contributed by atoms with Crippen LogP contribution in [0.25, 0.3) is 0 Å². The molecule has 0 aliphatic carbocycles. The standard InChI is InChI=1S/C18H18FN5O5/c1-20-15(27)11-7-10(19)4-3-9(11)8-21-16(28)13-14(26)17(29)24-6-5-12(25)23(2)18(24)22-13/h3-4,7,26H,5-6,8H2,1-2H3,(H,20,27)(H,21,28). The second-order valence-electron chi connectivity index (χ2n) is 6.33. The van der Waals surface area contributed by atoms with Crippen LogP contribution in [-0.4, -0.2) is 46.5 Å². The summed E-state index contributed by atoms with van der Waals surface area (Å²) in [6.45, 7) is -0.138. The van der Waals surface area contributed by atoms with Gasteiger partial charge in [0.15, 0.2) is 5.69 Å². The van der Waals surface area contributed by atoms with Crippen molar-refractivity contribution < 1.29 is 23.9 Å². The fraction of sp³-hybridized carbons (Fsp3) is 0.278. The summed E-state index contributed by atoms with van der Waals surface area (Å²) >= 11 is 0. The maximum atomic E-state index is 13.5. The Labute approximate surface area is 164 Å². The summed E-state index contributed by atoms with van der Waals surface area (Å²) in [4.78, 5) is 53.7. The van der Waals surface area contributed by atoms with Crippen molar-refractivity contribution in [3.63, 3.8) is 0 Å². The van der Waals surface area contributed by atoms with Crippen LogP contribution >= 0.6 is 0 Å². The van der Waals surface area contributed by atoms with Crippen molar-refractivity contribution in [3.8, 4) is 5.75 Å². The Balaban J connectivity index is 1.90. The van der Waals surface area contributed by atoms with Crippen LogP contribution in [0.5, 0.6) is 5.75 Å². The van der Waals surface area contributed by atoms with E-state index in [4.69, 9.17) is 0 Å². The van der Waals surface area contributed by atoms with Crippen molar-refractivity contribution in [1.82, 2.24) is 20.2 Å². The van der Waals surface area contributed by atoms with Crippen LogP contribution in [0.2, 0.25) is 0 Å². The number of carbonyl (C=O) groups excluding carboxylic acids is 3. The van der Waals surface area contributed by atoms with Gasteiger partial charge >= 0.3 is 0 Å². The number of nitrogens with one attached hydrogen (secondary N) is 2.